The average Bonchev–Trinajstić information content (AvgIpc) is 1.63. The van der Waals surface area contributed by atoms with E-state index in [0.29, 0.717) is 0 Å². The molecule has 0 aliphatic rings. The molecule has 1 N–H and O–H groups in total. The van der Waals surface area contributed by atoms with Gasteiger partial charge in [0.05, 0.1) is 0 Å². The Morgan fingerprint density at radius 1 is 1.44 bits per heavy atom. The second kappa shape index (κ2) is 4.49. The van der Waals surface area contributed by atoms with Crippen molar-refractivity contribution in [3.8, 4) is 0 Å². The van der Waals surface area contributed by atoms with Crippen molar-refractivity contribution in [2.75, 3.05) is 13.2 Å². The first-order chi connectivity index (χ1) is 4.13. The van der Waals surface area contributed by atoms with Crippen LogP contribution >= 0.6 is 0 Å². The molecule has 0 saturated carbocycles. The van der Waals surface area contributed by atoms with Gasteiger partial charge in [-0.25, -0.2) is 0 Å². The Labute approximate surface area is 60.0 Å². The zero-order valence-corrected chi connectivity index (χ0v) is 6.21. The van der Waals surface area contributed by atoms with E-state index in [1.807, 2.05) is 0 Å². The molecule has 0 bridgehead atoms. The van der Waals surface area contributed by atoms with Crippen LogP contribution in [0.15, 0.2) is 0 Å². The van der Waals surface area contributed by atoms with Crippen LogP contribution in [-0.2, 0) is 14.3 Å². The first-order valence-electron chi connectivity index (χ1n) is 2.12. The van der Waals surface area contributed by atoms with Crippen LogP contribution in [0.3, 0.4) is 0 Å². The maximum absolute atomic E-state index is 10.1. The molecule has 5 heteroatoms. The quantitative estimate of drug-likeness (QED) is 0.572. The molecular weight excluding hydrogens is 191 g/mol. The van der Waals surface area contributed by atoms with Crippen LogP contribution in [0.1, 0.15) is 0 Å². The molecule has 9 heavy (non-hydrogen) atoms. The average molecular weight is 196 g/mol. The number of carbonyl (C=O) groups is 2. The van der Waals surface area contributed by atoms with Crippen LogP contribution in [0.25, 0.3) is 0 Å². The van der Waals surface area contributed by atoms with Crippen molar-refractivity contribution in [3.05, 3.63) is 0 Å². The van der Waals surface area contributed by atoms with Gasteiger partial charge < -0.3 is 0 Å². The summed E-state index contributed by atoms with van der Waals surface area (Å²) in [6, 6.07) is 0. The Morgan fingerprint density at radius 3 is 2.33 bits per heavy atom. The Bertz CT molecular complexity index is 108. The van der Waals surface area contributed by atoms with E-state index in [-0.39, 0.29) is 11.3 Å². The summed E-state index contributed by atoms with van der Waals surface area (Å²) in [7, 11) is 0. The van der Waals surface area contributed by atoms with Crippen molar-refractivity contribution >= 4 is 26.7 Å². The third kappa shape index (κ3) is 7.62. The van der Waals surface area contributed by atoms with E-state index < -0.39 is 12.6 Å². The Kier molecular flexibility index (Phi) is 4.30. The normalized spacial score (nSPS) is 8.89. The van der Waals surface area contributed by atoms with Gasteiger partial charge >= 0.3 is 59.3 Å². The van der Waals surface area contributed by atoms with Crippen molar-refractivity contribution in [3.63, 3.8) is 0 Å². The van der Waals surface area contributed by atoms with E-state index in [1.54, 1.807) is 0 Å². The van der Waals surface area contributed by atoms with Gasteiger partial charge in [0, 0.05) is 0 Å². The molecule has 4 nitrogen and oxygen atoms in total. The summed E-state index contributed by atoms with van der Waals surface area (Å²) in [6.07, 6.45) is 0. The number of carboxylic acid groups (broad SMARTS) is 1. The number of hydrogen-bond acceptors (Lipinski definition) is 3. The molecule has 0 unspecified atom stereocenters. The zero-order chi connectivity index (χ0) is 7.28. The summed E-state index contributed by atoms with van der Waals surface area (Å²) >= 11 is 2.16. The van der Waals surface area contributed by atoms with E-state index in [1.165, 1.54) is 0 Å². The summed E-state index contributed by atoms with van der Waals surface area (Å²) in [5, 5.41) is 7.98. The summed E-state index contributed by atoms with van der Waals surface area (Å²) < 4.78 is 4.08. The molecule has 0 heterocycles. The van der Waals surface area contributed by atoms with Crippen LogP contribution in [0, 0.1) is 0 Å². The van der Waals surface area contributed by atoms with Gasteiger partial charge in [-0.2, -0.15) is 0 Å². The molecule has 0 spiro atoms. The van der Waals surface area contributed by atoms with Crippen LogP contribution in [0.5, 0.6) is 0 Å². The van der Waals surface area contributed by atoms with Crippen LogP contribution in [-0.4, -0.2) is 45.0 Å². The van der Waals surface area contributed by atoms with E-state index in [9.17, 15) is 9.59 Å². The number of aliphatic carboxylic acids is 1. The van der Waals surface area contributed by atoms with E-state index >= 15 is 0 Å². The predicted molar refractivity (Wildman–Crippen MR) is 29.2 cm³/mol. The summed E-state index contributed by atoms with van der Waals surface area (Å²) in [4.78, 5) is 19.8. The molecule has 0 amide bonds. The Balaban J connectivity index is 3.10. The molecule has 0 fully saturated rings. The summed E-state index contributed by atoms with van der Waals surface area (Å²) in [6.45, 7) is -0.598. The SMILES string of the molecule is O=C(O)COCC(=O)[Se]. The van der Waals surface area contributed by atoms with Gasteiger partial charge in [0.1, 0.15) is 0 Å². The standard InChI is InChI=1S/C4H5O4Se/c5-3(6)1-8-2-4(7)9/h1-2H2,(H,5,6). The first kappa shape index (κ1) is 8.62. The molecule has 0 atom stereocenters. The molecule has 0 aliphatic heterocycles. The minimum absolute atomic E-state index is 0.174. The molecule has 0 aromatic rings. The van der Waals surface area contributed by atoms with Crippen molar-refractivity contribution < 1.29 is 19.4 Å². The number of rotatable bonds is 4. The third-order valence-corrected chi connectivity index (χ3v) is 0.693. The molecule has 0 aliphatic carbocycles. The molecule has 51 valence electrons. The zero-order valence-electron chi connectivity index (χ0n) is 4.49. The molecular formula is C4H5O4Se. The molecule has 1 radical (unpaired) electrons. The van der Waals surface area contributed by atoms with Crippen LogP contribution in [0.4, 0.5) is 0 Å². The minimum atomic E-state index is -1.07. The summed E-state index contributed by atoms with van der Waals surface area (Å²) in [5.74, 6) is -1.07. The monoisotopic (exact) mass is 197 g/mol. The second-order valence-corrected chi connectivity index (χ2v) is 2.21. The number of ether oxygens (including phenoxy) is 1. The molecule has 0 saturated heterocycles. The Hall–Kier alpha value is -0.381. The number of carbonyl (C=O) groups excluding carboxylic acids is 1. The van der Waals surface area contributed by atoms with Gasteiger partial charge in [0.25, 0.3) is 0 Å². The fourth-order valence-electron chi connectivity index (χ4n) is 0.222. The van der Waals surface area contributed by atoms with Gasteiger partial charge in [0.2, 0.25) is 0 Å². The van der Waals surface area contributed by atoms with Gasteiger partial charge in [-0.15, -0.1) is 0 Å². The first-order valence-corrected chi connectivity index (χ1v) is 2.98. The summed E-state index contributed by atoms with van der Waals surface area (Å²) in [5.41, 5.74) is 0. The number of carboxylic acids is 1. The van der Waals surface area contributed by atoms with E-state index in [4.69, 9.17) is 5.11 Å². The fourth-order valence-corrected chi connectivity index (χ4v) is 0.397. The maximum atomic E-state index is 10.1. The molecule has 0 rings (SSSR count). The van der Waals surface area contributed by atoms with E-state index in [0.717, 1.165) is 0 Å². The van der Waals surface area contributed by atoms with Crippen molar-refractivity contribution in [2.24, 2.45) is 0 Å². The second-order valence-electron chi connectivity index (χ2n) is 1.26. The Morgan fingerprint density at radius 2 is 2.00 bits per heavy atom. The van der Waals surface area contributed by atoms with Gasteiger partial charge in [-0.3, -0.25) is 0 Å². The fraction of sp³-hybridized carbons (Fsp3) is 0.500. The molecule has 0 aromatic heterocycles. The van der Waals surface area contributed by atoms with Gasteiger partial charge in [-0.05, 0) is 0 Å². The van der Waals surface area contributed by atoms with Crippen molar-refractivity contribution in [1.82, 2.24) is 0 Å². The van der Waals surface area contributed by atoms with Crippen LogP contribution < -0.4 is 0 Å². The molecule has 0 aromatic carbocycles. The van der Waals surface area contributed by atoms with E-state index in [2.05, 4.69) is 20.7 Å². The number of hydrogen-bond donors (Lipinski definition) is 1. The van der Waals surface area contributed by atoms with Gasteiger partial charge in [0.15, 0.2) is 0 Å². The van der Waals surface area contributed by atoms with Crippen LogP contribution in [0.2, 0.25) is 0 Å². The third-order valence-electron chi connectivity index (χ3n) is 0.445. The predicted octanol–water partition coefficient (Wildman–Crippen LogP) is -1.22. The van der Waals surface area contributed by atoms with Crippen molar-refractivity contribution in [2.45, 2.75) is 0 Å². The topological polar surface area (TPSA) is 63.6 Å². The van der Waals surface area contributed by atoms with Crippen molar-refractivity contribution in [1.29, 1.82) is 0 Å². The van der Waals surface area contributed by atoms with Gasteiger partial charge in [-0.1, -0.05) is 0 Å².